The molecule has 0 bridgehead atoms. The number of carbonyl (C=O) groups is 1. The van der Waals surface area contributed by atoms with E-state index in [4.69, 9.17) is 12.3 Å². The summed E-state index contributed by atoms with van der Waals surface area (Å²) in [6.07, 6.45) is -3.79. The Labute approximate surface area is 128 Å². The van der Waals surface area contributed by atoms with Gasteiger partial charge < -0.3 is 9.78 Å². The predicted octanol–water partition coefficient (Wildman–Crippen LogP) is 1.10. The summed E-state index contributed by atoms with van der Waals surface area (Å²) in [6, 6.07) is 0. The van der Waals surface area contributed by atoms with Crippen LogP contribution in [-0.2, 0) is 18.3 Å². The van der Waals surface area contributed by atoms with Crippen LogP contribution in [0.4, 0.5) is 0 Å². The second-order valence-electron chi connectivity index (χ2n) is 4.28. The van der Waals surface area contributed by atoms with Gasteiger partial charge in [0.1, 0.15) is 11.4 Å². The fourth-order valence-electron chi connectivity index (χ4n) is 1.96. The lowest BCUT2D eigenvalue weighted by molar-refractivity contribution is -0.117. The van der Waals surface area contributed by atoms with Crippen molar-refractivity contribution >= 4 is 16.8 Å². The summed E-state index contributed by atoms with van der Waals surface area (Å²) >= 11 is 0. The number of aryl methyl sites for hydroxylation is 2. The second kappa shape index (κ2) is 5.48. The van der Waals surface area contributed by atoms with Crippen molar-refractivity contribution in [3.05, 3.63) is 32.6 Å². The molecule has 108 valence electrons. The minimum Gasteiger partial charge on any atom is -0.347 e. The maximum Gasteiger partial charge on any atom is 0.332 e. The lowest BCUT2D eigenvalue weighted by Gasteiger charge is -2.08. The van der Waals surface area contributed by atoms with E-state index in [0.29, 0.717) is 9.13 Å². The van der Waals surface area contributed by atoms with E-state index < -0.39 is 50.2 Å². The van der Waals surface area contributed by atoms with Crippen molar-refractivity contribution in [3.8, 4) is 0 Å². The minimum absolute atomic E-state index is 0.143. The van der Waals surface area contributed by atoms with Crippen LogP contribution < -0.4 is 11.2 Å². The normalized spacial score (nSPS) is 19.8. The van der Waals surface area contributed by atoms with Crippen LogP contribution >= 0.6 is 0 Å². The summed E-state index contributed by atoms with van der Waals surface area (Å²) in [7, 11) is 0. The molecule has 0 amide bonds. The summed E-state index contributed by atoms with van der Waals surface area (Å²) in [5, 5.41) is -0.160. The average molecular weight is 286 g/mol. The molecule has 2 aromatic heterocycles. The maximum atomic E-state index is 12.7. The Hall–Kier alpha value is -2.11. The van der Waals surface area contributed by atoms with Crippen molar-refractivity contribution in [2.45, 2.75) is 39.5 Å². The van der Waals surface area contributed by atoms with E-state index in [1.807, 2.05) is 0 Å². The van der Waals surface area contributed by atoms with Gasteiger partial charge in [-0.1, -0.05) is 0 Å². The maximum absolute atomic E-state index is 12.7. The van der Waals surface area contributed by atoms with Crippen molar-refractivity contribution in [1.29, 1.82) is 0 Å². The first-order chi connectivity index (χ1) is 13.0. The van der Waals surface area contributed by atoms with Gasteiger partial charge in [-0.2, -0.15) is 0 Å². The van der Waals surface area contributed by atoms with Gasteiger partial charge in [-0.05, 0) is 32.2 Å². The first kappa shape index (κ1) is 6.56. The topological polar surface area (TPSA) is 76.9 Å². The van der Waals surface area contributed by atoms with Gasteiger partial charge in [0.15, 0.2) is 0 Å². The van der Waals surface area contributed by atoms with Crippen LogP contribution in [0, 0.1) is 6.92 Å². The van der Waals surface area contributed by atoms with Gasteiger partial charge in [-0.15, -0.1) is 0 Å². The first-order valence-corrected chi connectivity index (χ1v) is 5.90. The molecule has 0 aliphatic rings. The molecule has 0 aromatic carbocycles. The Bertz CT molecular complexity index is 1070. The van der Waals surface area contributed by atoms with Gasteiger partial charge in [-0.3, -0.25) is 13.9 Å². The zero-order valence-electron chi connectivity index (χ0n) is 19.7. The van der Waals surface area contributed by atoms with Crippen LogP contribution in [0.1, 0.15) is 44.0 Å². The highest BCUT2D eigenvalue weighted by Crippen LogP contribution is 2.10. The van der Waals surface area contributed by atoms with Gasteiger partial charge in [0.25, 0.3) is 5.56 Å². The molecule has 2 heterocycles. The number of carbonyl (C=O) groups excluding carboxylic acids is 1. The van der Waals surface area contributed by atoms with Crippen molar-refractivity contribution in [3.63, 3.8) is 0 Å². The van der Waals surface area contributed by atoms with Gasteiger partial charge in [-0.25, -0.2) is 4.79 Å². The number of nitrogens with zero attached hydrogens (tertiary/aromatic N) is 2. The summed E-state index contributed by atoms with van der Waals surface area (Å²) in [5.74, 6) is -1.59. The lowest BCUT2D eigenvalue weighted by Crippen LogP contribution is -2.39. The molecule has 2 rings (SSSR count). The lowest BCUT2D eigenvalue weighted by atomic mass is 10.2. The highest BCUT2D eigenvalue weighted by molar-refractivity contribution is 5.78. The zero-order valence-corrected chi connectivity index (χ0v) is 10.7. The number of aromatic nitrogens is 3. The number of ketones is 1. The Morgan fingerprint density at radius 1 is 1.50 bits per heavy atom. The number of Topliss-reactive ketones (excluding diaryl/α,β-unsaturated/α-hetero) is 1. The third-order valence-electron chi connectivity index (χ3n) is 2.93. The number of aromatic amines is 1. The number of H-pyrrole nitrogens is 1. The molecule has 0 unspecified atom stereocenters. The molecule has 20 heavy (non-hydrogen) atoms. The molecule has 2 aromatic rings. The van der Waals surface area contributed by atoms with Gasteiger partial charge in [0, 0.05) is 37.0 Å². The molecule has 1 N–H and O–H groups in total. The number of hydrogen-bond acceptors (Lipinski definition) is 3. The number of nitrogens with one attached hydrogen (secondary N) is 1. The minimum atomic E-state index is -3.14. The molecule has 6 heteroatoms. The molecule has 6 nitrogen and oxygen atoms in total. The van der Waals surface area contributed by atoms with Gasteiger partial charge >= 0.3 is 5.69 Å². The quantitative estimate of drug-likeness (QED) is 0.894. The van der Waals surface area contributed by atoms with E-state index in [1.165, 1.54) is 6.92 Å². The first-order valence-electron chi connectivity index (χ1n) is 10.4. The smallest absolute Gasteiger partial charge is 0.332 e. The standard InChI is InChI=1S/C14H19N3O3/c1-9-8-15-12-11(9)13(19)17(14(20)16(12)3)7-5-4-6-10(2)18/h8,15H,4-7H2,1-3H3/i2D3,3D3,6D2,8D. The highest BCUT2D eigenvalue weighted by atomic mass is 16.2. The van der Waals surface area contributed by atoms with Crippen molar-refractivity contribution < 1.29 is 17.1 Å². The molecule has 0 saturated heterocycles. The summed E-state index contributed by atoms with van der Waals surface area (Å²) in [5.41, 5.74) is -2.22. The van der Waals surface area contributed by atoms with E-state index in [-0.39, 0.29) is 29.2 Å². The number of hydrogen-bond donors (Lipinski definition) is 1. The predicted molar refractivity (Wildman–Crippen MR) is 77.1 cm³/mol. The average Bonchev–Trinajstić information content (AvgIpc) is 2.82. The van der Waals surface area contributed by atoms with Crippen molar-refractivity contribution in [1.82, 2.24) is 14.1 Å². The molecule has 0 aliphatic heterocycles. The van der Waals surface area contributed by atoms with Crippen molar-refractivity contribution in [2.24, 2.45) is 6.98 Å². The number of rotatable bonds is 5. The fourth-order valence-corrected chi connectivity index (χ4v) is 1.96. The molecule has 0 atom stereocenters. The SMILES string of the molecule is [2H]c1[nH]c2c(c1C)c(=O)n(CCCC([2H])([2H])C(=O)C([2H])([2H])[2H])c(=O)n2C([2H])([2H])[2H]. The Morgan fingerprint density at radius 3 is 3.00 bits per heavy atom. The fraction of sp³-hybridized carbons (Fsp3) is 0.500. The van der Waals surface area contributed by atoms with E-state index in [9.17, 15) is 14.4 Å². The third kappa shape index (κ3) is 2.45. The molecular formula is C14H19N3O3. The molecule has 0 spiro atoms. The van der Waals surface area contributed by atoms with E-state index in [1.54, 1.807) is 0 Å². The zero-order chi connectivity index (χ0) is 22.5. The monoisotopic (exact) mass is 286 g/mol. The Morgan fingerprint density at radius 2 is 2.30 bits per heavy atom. The second-order valence-corrected chi connectivity index (χ2v) is 4.28. The van der Waals surface area contributed by atoms with Crippen LogP contribution in [-0.4, -0.2) is 19.9 Å². The van der Waals surface area contributed by atoms with Gasteiger partial charge in [0.2, 0.25) is 0 Å². The number of fused-ring (bicyclic) bond motifs is 1. The molecule has 0 saturated carbocycles. The largest absolute Gasteiger partial charge is 0.347 e. The highest BCUT2D eigenvalue weighted by Gasteiger charge is 2.13. The van der Waals surface area contributed by atoms with Crippen molar-refractivity contribution in [2.75, 3.05) is 0 Å². The van der Waals surface area contributed by atoms with Crippen LogP contribution in [0.5, 0.6) is 0 Å². The third-order valence-corrected chi connectivity index (χ3v) is 2.93. The van der Waals surface area contributed by atoms with Crippen LogP contribution in [0.25, 0.3) is 11.0 Å². The van der Waals surface area contributed by atoms with E-state index in [0.717, 1.165) is 0 Å². The van der Waals surface area contributed by atoms with E-state index in [2.05, 4.69) is 4.98 Å². The molecule has 0 aliphatic carbocycles. The Kier molecular flexibility index (Phi) is 1.80. The molecule has 0 fully saturated rings. The summed E-state index contributed by atoms with van der Waals surface area (Å²) in [4.78, 5) is 39.5. The van der Waals surface area contributed by atoms with Gasteiger partial charge in [0.05, 0.1) is 6.76 Å². The van der Waals surface area contributed by atoms with Crippen LogP contribution in [0.15, 0.2) is 15.8 Å². The summed E-state index contributed by atoms with van der Waals surface area (Å²) < 4.78 is 67.8. The van der Waals surface area contributed by atoms with Crippen LogP contribution in [0.2, 0.25) is 0 Å². The Balaban J connectivity index is 2.50. The molecule has 0 radical (unpaired) electrons. The summed E-state index contributed by atoms with van der Waals surface area (Å²) in [6.45, 7) is -5.12. The van der Waals surface area contributed by atoms with Crippen LogP contribution in [0.3, 0.4) is 0 Å². The van der Waals surface area contributed by atoms with E-state index >= 15 is 0 Å². The molecular weight excluding hydrogens is 258 g/mol.